The largest absolute Gasteiger partial charge is 0.466 e. The number of carbonyl (C=O) groups is 1. The fraction of sp³-hybridized carbons (Fsp3) is 0.294. The molecule has 22 heavy (non-hydrogen) atoms. The highest BCUT2D eigenvalue weighted by Crippen LogP contribution is 2.27. The number of aromatic nitrogens is 1. The van der Waals surface area contributed by atoms with E-state index < -0.39 is 0 Å². The molecule has 3 N–H and O–H groups in total. The lowest BCUT2D eigenvalue weighted by Gasteiger charge is -2.21. The van der Waals surface area contributed by atoms with Gasteiger partial charge in [-0.1, -0.05) is 30.3 Å². The van der Waals surface area contributed by atoms with Gasteiger partial charge in [-0.3, -0.25) is 9.78 Å². The van der Waals surface area contributed by atoms with Gasteiger partial charge in [-0.05, 0) is 25.5 Å². The van der Waals surface area contributed by atoms with E-state index >= 15 is 0 Å². The van der Waals surface area contributed by atoms with Crippen molar-refractivity contribution in [1.82, 2.24) is 4.98 Å². The Morgan fingerprint density at radius 3 is 2.77 bits per heavy atom. The molecule has 0 aliphatic heterocycles. The molecule has 0 saturated carbocycles. The van der Waals surface area contributed by atoms with E-state index in [0.717, 1.165) is 16.9 Å². The lowest BCUT2D eigenvalue weighted by Crippen LogP contribution is -2.18. The van der Waals surface area contributed by atoms with Crippen molar-refractivity contribution in [2.75, 3.05) is 17.7 Å². The third-order valence-electron chi connectivity index (χ3n) is 3.28. The molecule has 0 bridgehead atoms. The van der Waals surface area contributed by atoms with E-state index in [9.17, 15) is 4.79 Å². The second kappa shape index (κ2) is 7.45. The van der Waals surface area contributed by atoms with Crippen molar-refractivity contribution >= 4 is 17.3 Å². The number of nitrogens with two attached hydrogens (primary N) is 1. The number of nitrogen functional groups attached to an aromatic ring is 1. The summed E-state index contributed by atoms with van der Waals surface area (Å²) in [6, 6.07) is 11.4. The van der Waals surface area contributed by atoms with E-state index in [2.05, 4.69) is 10.3 Å². The van der Waals surface area contributed by atoms with Crippen LogP contribution in [0.25, 0.3) is 0 Å². The van der Waals surface area contributed by atoms with Gasteiger partial charge in [0.1, 0.15) is 0 Å². The Balaban J connectivity index is 2.24. The second-order valence-corrected chi connectivity index (χ2v) is 5.03. The van der Waals surface area contributed by atoms with Crippen LogP contribution in [0.15, 0.2) is 42.6 Å². The molecule has 1 atom stereocenters. The minimum Gasteiger partial charge on any atom is -0.466 e. The first-order valence-corrected chi connectivity index (χ1v) is 7.29. The zero-order valence-electron chi connectivity index (χ0n) is 12.9. The number of carbonyl (C=O) groups excluding carboxylic acids is 1. The summed E-state index contributed by atoms with van der Waals surface area (Å²) in [5.74, 6) is -0.242. The van der Waals surface area contributed by atoms with Gasteiger partial charge >= 0.3 is 5.97 Å². The maximum absolute atomic E-state index is 11.9. The van der Waals surface area contributed by atoms with Crippen LogP contribution >= 0.6 is 0 Å². The van der Waals surface area contributed by atoms with Crippen LogP contribution in [-0.2, 0) is 9.53 Å². The first-order valence-electron chi connectivity index (χ1n) is 7.29. The number of nitrogens with zero attached hydrogens (tertiary/aromatic N) is 1. The number of anilines is 2. The number of rotatable bonds is 6. The molecule has 1 aromatic carbocycles. The van der Waals surface area contributed by atoms with Gasteiger partial charge in [0.2, 0.25) is 0 Å². The van der Waals surface area contributed by atoms with E-state index in [-0.39, 0.29) is 18.4 Å². The van der Waals surface area contributed by atoms with Crippen LogP contribution < -0.4 is 11.1 Å². The Bertz CT molecular complexity index is 629. The topological polar surface area (TPSA) is 77.2 Å². The van der Waals surface area contributed by atoms with Gasteiger partial charge in [-0.25, -0.2) is 0 Å². The molecule has 2 rings (SSSR count). The molecule has 2 aromatic rings. The number of esters is 1. The number of benzene rings is 1. The zero-order valence-corrected chi connectivity index (χ0v) is 12.9. The van der Waals surface area contributed by atoms with Crippen LogP contribution in [0.3, 0.4) is 0 Å². The predicted molar refractivity (Wildman–Crippen MR) is 87.4 cm³/mol. The monoisotopic (exact) mass is 299 g/mol. The van der Waals surface area contributed by atoms with Gasteiger partial charge in [0.05, 0.1) is 36.6 Å². The number of nitrogens with one attached hydrogen (secondary N) is 1. The minimum atomic E-state index is -0.242. The predicted octanol–water partition coefficient (Wildman–Crippen LogP) is 3.08. The highest BCUT2D eigenvalue weighted by atomic mass is 16.5. The second-order valence-electron chi connectivity index (χ2n) is 5.03. The first-order chi connectivity index (χ1) is 10.6. The van der Waals surface area contributed by atoms with Gasteiger partial charge in [0.25, 0.3) is 0 Å². The summed E-state index contributed by atoms with van der Waals surface area (Å²) in [5, 5.41) is 3.33. The van der Waals surface area contributed by atoms with Crippen molar-refractivity contribution < 1.29 is 9.53 Å². The number of hydrogen-bond donors (Lipinski definition) is 2. The van der Waals surface area contributed by atoms with Crippen molar-refractivity contribution in [2.45, 2.75) is 26.3 Å². The summed E-state index contributed by atoms with van der Waals surface area (Å²) in [4.78, 5) is 16.0. The molecule has 5 nitrogen and oxygen atoms in total. The van der Waals surface area contributed by atoms with Crippen LogP contribution in [0, 0.1) is 6.92 Å². The standard InChI is InChI=1S/C17H21N3O2/c1-3-22-17(21)10-15(13-7-5-4-6-8-13)20-16-9-12(2)19-11-14(16)18/h4-9,11,15H,3,10,18H2,1-2H3,(H,19,20). The first kappa shape index (κ1) is 15.8. The molecule has 0 spiro atoms. The van der Waals surface area contributed by atoms with Gasteiger partial charge in [-0.2, -0.15) is 0 Å². The maximum atomic E-state index is 11.9. The Morgan fingerprint density at radius 2 is 2.09 bits per heavy atom. The molecule has 5 heteroatoms. The van der Waals surface area contributed by atoms with E-state index in [1.54, 1.807) is 13.1 Å². The van der Waals surface area contributed by atoms with Gasteiger partial charge in [0.15, 0.2) is 0 Å². The molecule has 1 unspecified atom stereocenters. The van der Waals surface area contributed by atoms with Crippen LogP contribution in [-0.4, -0.2) is 17.6 Å². The average Bonchev–Trinajstić information content (AvgIpc) is 2.51. The van der Waals surface area contributed by atoms with Gasteiger partial charge in [-0.15, -0.1) is 0 Å². The van der Waals surface area contributed by atoms with Crippen molar-refractivity contribution in [2.24, 2.45) is 0 Å². The lowest BCUT2D eigenvalue weighted by molar-refractivity contribution is -0.143. The number of hydrogen-bond acceptors (Lipinski definition) is 5. The highest BCUT2D eigenvalue weighted by molar-refractivity contribution is 5.72. The van der Waals surface area contributed by atoms with Gasteiger partial charge < -0.3 is 15.8 Å². The molecule has 1 heterocycles. The third-order valence-corrected chi connectivity index (χ3v) is 3.28. The summed E-state index contributed by atoms with van der Waals surface area (Å²) < 4.78 is 5.06. The van der Waals surface area contributed by atoms with E-state index in [1.165, 1.54) is 0 Å². The molecule has 0 radical (unpaired) electrons. The summed E-state index contributed by atoms with van der Waals surface area (Å²) in [6.07, 6.45) is 1.85. The fourth-order valence-electron chi connectivity index (χ4n) is 2.21. The van der Waals surface area contributed by atoms with Crippen LogP contribution in [0.4, 0.5) is 11.4 Å². The quantitative estimate of drug-likeness (QED) is 0.802. The Kier molecular flexibility index (Phi) is 5.36. The summed E-state index contributed by atoms with van der Waals surface area (Å²) >= 11 is 0. The summed E-state index contributed by atoms with van der Waals surface area (Å²) in [6.45, 7) is 4.07. The minimum absolute atomic E-state index is 0.204. The van der Waals surface area contributed by atoms with E-state index in [4.69, 9.17) is 10.5 Å². The summed E-state index contributed by atoms with van der Waals surface area (Å²) in [5.41, 5.74) is 9.15. The zero-order chi connectivity index (χ0) is 15.9. The van der Waals surface area contributed by atoms with E-state index in [1.807, 2.05) is 43.3 Å². The van der Waals surface area contributed by atoms with Crippen LogP contribution in [0.5, 0.6) is 0 Å². The number of aryl methyl sites for hydroxylation is 1. The normalized spacial score (nSPS) is 11.7. The molecule has 0 amide bonds. The molecular formula is C17H21N3O2. The Hall–Kier alpha value is -2.56. The Morgan fingerprint density at radius 1 is 1.36 bits per heavy atom. The van der Waals surface area contributed by atoms with Crippen molar-refractivity contribution in [1.29, 1.82) is 0 Å². The molecular weight excluding hydrogens is 278 g/mol. The molecule has 0 aliphatic carbocycles. The fourth-order valence-corrected chi connectivity index (χ4v) is 2.21. The number of ether oxygens (including phenoxy) is 1. The van der Waals surface area contributed by atoms with Crippen molar-refractivity contribution in [3.05, 3.63) is 53.9 Å². The van der Waals surface area contributed by atoms with Crippen molar-refractivity contribution in [3.8, 4) is 0 Å². The molecule has 116 valence electrons. The lowest BCUT2D eigenvalue weighted by atomic mass is 10.0. The highest BCUT2D eigenvalue weighted by Gasteiger charge is 2.17. The molecule has 0 fully saturated rings. The number of pyridine rings is 1. The van der Waals surface area contributed by atoms with Crippen LogP contribution in [0.2, 0.25) is 0 Å². The third kappa shape index (κ3) is 4.22. The average molecular weight is 299 g/mol. The SMILES string of the molecule is CCOC(=O)CC(Nc1cc(C)ncc1N)c1ccccc1. The molecule has 1 aromatic heterocycles. The van der Waals surface area contributed by atoms with Crippen LogP contribution in [0.1, 0.15) is 30.6 Å². The molecule has 0 aliphatic rings. The van der Waals surface area contributed by atoms with Crippen molar-refractivity contribution in [3.63, 3.8) is 0 Å². The molecule has 0 saturated heterocycles. The van der Waals surface area contributed by atoms with E-state index in [0.29, 0.717) is 12.3 Å². The Labute approximate surface area is 130 Å². The smallest absolute Gasteiger partial charge is 0.308 e. The summed E-state index contributed by atoms with van der Waals surface area (Å²) in [7, 11) is 0. The maximum Gasteiger partial charge on any atom is 0.308 e. The van der Waals surface area contributed by atoms with Gasteiger partial charge in [0, 0.05) is 5.69 Å².